The van der Waals surface area contributed by atoms with Crippen LogP contribution in [0.2, 0.25) is 0 Å². The highest BCUT2D eigenvalue weighted by molar-refractivity contribution is 7.89. The van der Waals surface area contributed by atoms with E-state index in [0.717, 1.165) is 19.3 Å². The fourth-order valence-corrected chi connectivity index (χ4v) is 4.62. The third kappa shape index (κ3) is 2.85. The number of hydrogen-bond donors (Lipinski definition) is 1. The standard InChI is InChI=1S/C13H21N3O4S/c17-9-11-3-1-2-5-16(11)21(18,19)13-7-14-15(8-13)12-4-6-20-10-12/h7-8,11-12,17H,1-6,9-10H2/t11-,12+/m0/s1. The van der Waals surface area contributed by atoms with Crippen molar-refractivity contribution >= 4 is 10.0 Å². The minimum Gasteiger partial charge on any atom is -0.395 e. The van der Waals surface area contributed by atoms with Gasteiger partial charge in [-0.25, -0.2) is 8.42 Å². The van der Waals surface area contributed by atoms with Crippen molar-refractivity contribution in [3.63, 3.8) is 0 Å². The lowest BCUT2D eigenvalue weighted by molar-refractivity contribution is 0.155. The summed E-state index contributed by atoms with van der Waals surface area (Å²) in [6.07, 6.45) is 6.33. The summed E-state index contributed by atoms with van der Waals surface area (Å²) in [5.74, 6) is 0. The van der Waals surface area contributed by atoms with Crippen molar-refractivity contribution in [1.82, 2.24) is 14.1 Å². The van der Waals surface area contributed by atoms with Crippen molar-refractivity contribution in [2.45, 2.75) is 42.7 Å². The summed E-state index contributed by atoms with van der Waals surface area (Å²) in [6.45, 7) is 1.59. The molecule has 7 nitrogen and oxygen atoms in total. The molecule has 3 heterocycles. The molecule has 1 aromatic rings. The van der Waals surface area contributed by atoms with Gasteiger partial charge in [0.15, 0.2) is 0 Å². The fourth-order valence-electron chi connectivity index (χ4n) is 2.99. The van der Waals surface area contributed by atoms with Crippen LogP contribution in [-0.2, 0) is 14.8 Å². The van der Waals surface area contributed by atoms with Crippen molar-refractivity contribution in [2.75, 3.05) is 26.4 Å². The average Bonchev–Trinajstić information content (AvgIpc) is 3.17. The third-order valence-corrected chi connectivity index (χ3v) is 6.15. The molecule has 21 heavy (non-hydrogen) atoms. The maximum Gasteiger partial charge on any atom is 0.246 e. The zero-order chi connectivity index (χ0) is 14.9. The van der Waals surface area contributed by atoms with E-state index in [1.807, 2.05) is 0 Å². The summed E-state index contributed by atoms with van der Waals surface area (Å²) in [7, 11) is -3.58. The number of aromatic nitrogens is 2. The molecule has 0 radical (unpaired) electrons. The first-order valence-corrected chi connectivity index (χ1v) is 8.81. The van der Waals surface area contributed by atoms with E-state index in [1.165, 1.54) is 10.5 Å². The molecule has 2 atom stereocenters. The van der Waals surface area contributed by atoms with E-state index >= 15 is 0 Å². The van der Waals surface area contributed by atoms with Gasteiger partial charge in [-0.3, -0.25) is 4.68 Å². The molecule has 0 aliphatic carbocycles. The van der Waals surface area contributed by atoms with Crippen LogP contribution in [0.15, 0.2) is 17.3 Å². The van der Waals surface area contributed by atoms with Gasteiger partial charge < -0.3 is 9.84 Å². The highest BCUT2D eigenvalue weighted by Gasteiger charge is 2.34. The lowest BCUT2D eigenvalue weighted by atomic mass is 10.1. The van der Waals surface area contributed by atoms with Gasteiger partial charge >= 0.3 is 0 Å². The lowest BCUT2D eigenvalue weighted by Crippen LogP contribution is -2.45. The first-order chi connectivity index (χ1) is 10.1. The van der Waals surface area contributed by atoms with E-state index in [1.54, 1.807) is 10.9 Å². The smallest absolute Gasteiger partial charge is 0.246 e. The van der Waals surface area contributed by atoms with E-state index in [4.69, 9.17) is 4.74 Å². The normalized spacial score (nSPS) is 28.0. The van der Waals surface area contributed by atoms with Crippen LogP contribution < -0.4 is 0 Å². The van der Waals surface area contributed by atoms with Crippen LogP contribution in [0.3, 0.4) is 0 Å². The summed E-state index contributed by atoms with van der Waals surface area (Å²) in [5.41, 5.74) is 0. The van der Waals surface area contributed by atoms with Crippen molar-refractivity contribution in [3.8, 4) is 0 Å². The Morgan fingerprint density at radius 2 is 2.24 bits per heavy atom. The van der Waals surface area contributed by atoms with Gasteiger partial charge in [-0.1, -0.05) is 6.42 Å². The van der Waals surface area contributed by atoms with Crippen LogP contribution in [0.4, 0.5) is 0 Å². The predicted octanol–water partition coefficient (Wildman–Crippen LogP) is 0.380. The van der Waals surface area contributed by atoms with Crippen LogP contribution in [0.25, 0.3) is 0 Å². The molecule has 2 aliphatic heterocycles. The summed E-state index contributed by atoms with van der Waals surface area (Å²) in [6, 6.07) is -0.203. The second kappa shape index (κ2) is 6.04. The van der Waals surface area contributed by atoms with Gasteiger partial charge in [-0.15, -0.1) is 0 Å². The minimum atomic E-state index is -3.58. The summed E-state index contributed by atoms with van der Waals surface area (Å²) in [5, 5.41) is 13.6. The summed E-state index contributed by atoms with van der Waals surface area (Å²) >= 11 is 0. The van der Waals surface area contributed by atoms with Crippen LogP contribution in [-0.4, -0.2) is 60.0 Å². The molecule has 1 N–H and O–H groups in total. The summed E-state index contributed by atoms with van der Waals surface area (Å²) in [4.78, 5) is 0.203. The molecule has 0 amide bonds. The van der Waals surface area contributed by atoms with Crippen molar-refractivity contribution in [2.24, 2.45) is 0 Å². The Balaban J connectivity index is 1.83. The van der Waals surface area contributed by atoms with E-state index in [2.05, 4.69) is 5.10 Å². The van der Waals surface area contributed by atoms with Crippen LogP contribution in [0.5, 0.6) is 0 Å². The van der Waals surface area contributed by atoms with Gasteiger partial charge in [0.2, 0.25) is 10.0 Å². The van der Waals surface area contributed by atoms with Gasteiger partial charge in [-0.2, -0.15) is 9.40 Å². The van der Waals surface area contributed by atoms with Crippen molar-refractivity contribution in [3.05, 3.63) is 12.4 Å². The highest BCUT2D eigenvalue weighted by Crippen LogP contribution is 2.26. The zero-order valence-corrected chi connectivity index (χ0v) is 12.7. The largest absolute Gasteiger partial charge is 0.395 e. The number of nitrogens with zero attached hydrogens (tertiary/aromatic N) is 3. The van der Waals surface area contributed by atoms with Crippen molar-refractivity contribution in [1.29, 1.82) is 0 Å². The van der Waals surface area contributed by atoms with E-state index < -0.39 is 10.0 Å². The number of aliphatic hydroxyl groups excluding tert-OH is 1. The fraction of sp³-hybridized carbons (Fsp3) is 0.769. The molecule has 0 bridgehead atoms. The number of rotatable bonds is 4. The lowest BCUT2D eigenvalue weighted by Gasteiger charge is -2.33. The average molecular weight is 315 g/mol. The molecule has 3 rings (SSSR count). The number of piperidine rings is 1. The number of hydrogen-bond acceptors (Lipinski definition) is 5. The monoisotopic (exact) mass is 315 g/mol. The highest BCUT2D eigenvalue weighted by atomic mass is 32.2. The molecule has 0 aromatic carbocycles. The maximum atomic E-state index is 12.7. The predicted molar refractivity (Wildman–Crippen MR) is 75.3 cm³/mol. The third-order valence-electron chi connectivity index (χ3n) is 4.25. The second-order valence-corrected chi connectivity index (χ2v) is 7.51. The Labute approximate surface area is 124 Å². The molecule has 2 fully saturated rings. The van der Waals surface area contributed by atoms with Gasteiger partial charge in [-0.05, 0) is 19.3 Å². The molecule has 2 saturated heterocycles. The Bertz CT molecular complexity index is 580. The van der Waals surface area contributed by atoms with E-state index in [9.17, 15) is 13.5 Å². The Morgan fingerprint density at radius 3 is 2.95 bits per heavy atom. The van der Waals surface area contributed by atoms with E-state index in [0.29, 0.717) is 26.2 Å². The topological polar surface area (TPSA) is 84.7 Å². The van der Waals surface area contributed by atoms with Gasteiger partial charge in [0.05, 0.1) is 25.5 Å². The molecule has 2 aliphatic rings. The first kappa shape index (κ1) is 15.0. The van der Waals surface area contributed by atoms with Gasteiger partial charge in [0.25, 0.3) is 0 Å². The molecule has 0 spiro atoms. The number of ether oxygens (including phenoxy) is 1. The van der Waals surface area contributed by atoms with Crippen LogP contribution in [0, 0.1) is 0 Å². The first-order valence-electron chi connectivity index (χ1n) is 7.37. The quantitative estimate of drug-likeness (QED) is 0.868. The second-order valence-electron chi connectivity index (χ2n) is 5.62. The van der Waals surface area contributed by atoms with Gasteiger partial charge in [0.1, 0.15) is 4.90 Å². The molecular weight excluding hydrogens is 294 g/mol. The minimum absolute atomic E-state index is 0.115. The molecular formula is C13H21N3O4S. The molecule has 0 unspecified atom stereocenters. The zero-order valence-electron chi connectivity index (χ0n) is 11.9. The molecule has 0 saturated carbocycles. The number of aliphatic hydroxyl groups is 1. The Morgan fingerprint density at radius 1 is 1.38 bits per heavy atom. The molecule has 118 valence electrons. The SMILES string of the molecule is O=S(=O)(c1cnn([C@@H]2CCOC2)c1)N1CCCC[C@H]1CO. The van der Waals surface area contributed by atoms with Crippen LogP contribution >= 0.6 is 0 Å². The maximum absolute atomic E-state index is 12.7. The van der Waals surface area contributed by atoms with Crippen molar-refractivity contribution < 1.29 is 18.3 Å². The molecule has 1 aromatic heterocycles. The summed E-state index contributed by atoms with van der Waals surface area (Å²) < 4.78 is 33.8. The van der Waals surface area contributed by atoms with Crippen LogP contribution in [0.1, 0.15) is 31.7 Å². The van der Waals surface area contributed by atoms with Gasteiger partial charge in [0, 0.05) is 25.4 Å². The Kier molecular flexibility index (Phi) is 4.30. The molecule has 8 heteroatoms. The Hall–Kier alpha value is -0.960. The number of sulfonamides is 1. The van der Waals surface area contributed by atoms with E-state index in [-0.39, 0.29) is 23.6 Å².